The minimum absolute atomic E-state index is 0.0328. The predicted molar refractivity (Wildman–Crippen MR) is 123 cm³/mol. The number of halogens is 1. The number of para-hydroxylation sites is 1. The first kappa shape index (κ1) is 19.8. The Kier molecular flexibility index (Phi) is 5.40. The van der Waals surface area contributed by atoms with Gasteiger partial charge in [-0.3, -0.25) is 9.69 Å². The van der Waals surface area contributed by atoms with E-state index in [9.17, 15) is 4.79 Å². The number of benzene rings is 2. The molecule has 0 spiro atoms. The first-order valence-electron chi connectivity index (χ1n) is 11.0. The van der Waals surface area contributed by atoms with E-state index in [2.05, 4.69) is 52.2 Å². The normalized spacial score (nSPS) is 23.3. The fourth-order valence-corrected chi connectivity index (χ4v) is 5.49. The molecule has 2 fully saturated rings. The summed E-state index contributed by atoms with van der Waals surface area (Å²) in [7, 11) is 0. The van der Waals surface area contributed by atoms with Crippen LogP contribution in [0.25, 0.3) is 10.9 Å². The number of rotatable bonds is 5. The Morgan fingerprint density at radius 3 is 2.73 bits per heavy atom. The van der Waals surface area contributed by atoms with E-state index in [4.69, 9.17) is 11.6 Å². The van der Waals surface area contributed by atoms with E-state index >= 15 is 0 Å². The van der Waals surface area contributed by atoms with E-state index in [-0.39, 0.29) is 17.9 Å². The zero-order chi connectivity index (χ0) is 20.7. The van der Waals surface area contributed by atoms with Crippen molar-refractivity contribution in [2.75, 3.05) is 19.6 Å². The number of ketones is 1. The van der Waals surface area contributed by atoms with Crippen LogP contribution in [0.1, 0.15) is 48.1 Å². The zero-order valence-electron chi connectivity index (χ0n) is 17.4. The highest BCUT2D eigenvalue weighted by Gasteiger charge is 2.36. The summed E-state index contributed by atoms with van der Waals surface area (Å²) in [6, 6.07) is 17.0. The van der Waals surface area contributed by atoms with Crippen molar-refractivity contribution >= 4 is 28.3 Å². The summed E-state index contributed by atoms with van der Waals surface area (Å²) in [6.45, 7) is 5.28. The smallest absolute Gasteiger partial charge is 0.179 e. The number of carbonyl (C=O) groups excluding carboxylic acids is 1. The lowest BCUT2D eigenvalue weighted by atomic mass is 9.98. The minimum atomic E-state index is 0.0328. The average Bonchev–Trinajstić information content (AvgIpc) is 3.53. The van der Waals surface area contributed by atoms with Crippen LogP contribution >= 0.6 is 11.6 Å². The average molecular weight is 422 g/mol. The molecule has 3 heterocycles. The van der Waals surface area contributed by atoms with Gasteiger partial charge in [0.05, 0.1) is 22.6 Å². The Balaban J connectivity index is 1.36. The third-order valence-electron chi connectivity index (χ3n) is 6.89. The molecule has 0 amide bonds. The van der Waals surface area contributed by atoms with Gasteiger partial charge in [-0.25, -0.2) is 0 Å². The van der Waals surface area contributed by atoms with E-state index in [0.29, 0.717) is 6.04 Å². The molecule has 156 valence electrons. The van der Waals surface area contributed by atoms with Crippen LogP contribution in [0.2, 0.25) is 5.02 Å². The van der Waals surface area contributed by atoms with Crippen LogP contribution in [-0.4, -0.2) is 47.0 Å². The molecule has 2 aliphatic rings. The van der Waals surface area contributed by atoms with E-state index in [1.54, 1.807) is 0 Å². The number of aromatic nitrogens is 1. The minimum Gasteiger partial charge on any atom is -0.339 e. The quantitative estimate of drug-likeness (QED) is 0.594. The molecule has 0 saturated carbocycles. The summed E-state index contributed by atoms with van der Waals surface area (Å²) in [6.07, 6.45) is 5.32. The number of nitrogens with zero attached hydrogens (tertiary/aromatic N) is 2. The monoisotopic (exact) mass is 421 g/mol. The molecule has 1 aromatic heterocycles. The number of fused-ring (bicyclic) bond motifs is 1. The fourth-order valence-electron chi connectivity index (χ4n) is 5.21. The number of likely N-dealkylation sites (tertiary alicyclic amines) is 1. The third kappa shape index (κ3) is 3.47. The van der Waals surface area contributed by atoms with Gasteiger partial charge in [0.2, 0.25) is 0 Å². The maximum absolute atomic E-state index is 13.3. The van der Waals surface area contributed by atoms with Gasteiger partial charge in [-0.1, -0.05) is 48.0 Å². The molecular weight excluding hydrogens is 394 g/mol. The second-order valence-corrected chi connectivity index (χ2v) is 9.01. The van der Waals surface area contributed by atoms with Gasteiger partial charge in [0, 0.05) is 29.7 Å². The summed E-state index contributed by atoms with van der Waals surface area (Å²) in [4.78, 5) is 15.7. The van der Waals surface area contributed by atoms with Crippen LogP contribution in [0.4, 0.5) is 0 Å². The molecule has 2 saturated heterocycles. The summed E-state index contributed by atoms with van der Waals surface area (Å²) < 4.78 is 2.21. The Bertz CT molecular complexity index is 1050. The fraction of sp³-hybridized carbons (Fsp3) is 0.400. The van der Waals surface area contributed by atoms with Gasteiger partial charge in [0.15, 0.2) is 5.78 Å². The number of hydrogen-bond donors (Lipinski definition) is 1. The topological polar surface area (TPSA) is 37.3 Å². The first-order chi connectivity index (χ1) is 14.6. The van der Waals surface area contributed by atoms with Crippen molar-refractivity contribution in [3.63, 3.8) is 0 Å². The highest BCUT2D eigenvalue weighted by Crippen LogP contribution is 2.31. The van der Waals surface area contributed by atoms with Crippen LogP contribution in [-0.2, 0) is 0 Å². The van der Waals surface area contributed by atoms with E-state index in [0.717, 1.165) is 60.4 Å². The lowest BCUT2D eigenvalue weighted by molar-refractivity contribution is 0.0826. The molecule has 3 unspecified atom stereocenters. The van der Waals surface area contributed by atoms with Gasteiger partial charge in [-0.05, 0) is 57.0 Å². The van der Waals surface area contributed by atoms with Crippen molar-refractivity contribution in [3.8, 4) is 0 Å². The zero-order valence-corrected chi connectivity index (χ0v) is 18.1. The molecule has 5 heteroatoms. The van der Waals surface area contributed by atoms with Crippen LogP contribution < -0.4 is 5.32 Å². The largest absolute Gasteiger partial charge is 0.339 e. The first-order valence-corrected chi connectivity index (χ1v) is 11.4. The summed E-state index contributed by atoms with van der Waals surface area (Å²) in [5, 5.41) is 5.34. The lowest BCUT2D eigenvalue weighted by Crippen LogP contribution is -2.44. The molecular formula is C25H28ClN3O. The summed E-state index contributed by atoms with van der Waals surface area (Å²) in [5.41, 5.74) is 3.05. The van der Waals surface area contributed by atoms with Crippen molar-refractivity contribution < 1.29 is 4.79 Å². The molecule has 0 radical (unpaired) electrons. The molecule has 5 rings (SSSR count). The van der Waals surface area contributed by atoms with E-state index < -0.39 is 0 Å². The van der Waals surface area contributed by atoms with Gasteiger partial charge in [-0.2, -0.15) is 0 Å². The Hall–Kier alpha value is -2.14. The maximum Gasteiger partial charge on any atom is 0.179 e. The van der Waals surface area contributed by atoms with Crippen molar-refractivity contribution in [2.24, 2.45) is 0 Å². The van der Waals surface area contributed by atoms with Crippen LogP contribution in [0.15, 0.2) is 54.7 Å². The second-order valence-electron chi connectivity index (χ2n) is 8.61. The highest BCUT2D eigenvalue weighted by atomic mass is 35.5. The molecule has 0 aliphatic carbocycles. The van der Waals surface area contributed by atoms with Crippen LogP contribution in [0.3, 0.4) is 0 Å². The van der Waals surface area contributed by atoms with Gasteiger partial charge < -0.3 is 9.88 Å². The van der Waals surface area contributed by atoms with Crippen molar-refractivity contribution in [1.29, 1.82) is 0 Å². The molecule has 1 N–H and O–H groups in total. The van der Waals surface area contributed by atoms with Crippen LogP contribution in [0, 0.1) is 0 Å². The Morgan fingerprint density at radius 2 is 1.97 bits per heavy atom. The molecule has 2 aliphatic heterocycles. The standard InChI is InChI=1S/C25H28ClN3O/c1-17(28-15-12-19-4-2-5-22(26)24(19)28)18-7-9-20(10-8-18)25(30)23-6-3-14-29(23)21-11-13-27-16-21/h2,4-5,7-10,12,15,17,21,23,27H,3,6,11,13-14,16H2,1H3. The number of Topliss-reactive ketones (excluding diaryl/α,β-unsaturated/α-hetero) is 1. The Morgan fingerprint density at radius 1 is 1.13 bits per heavy atom. The molecule has 3 aromatic rings. The van der Waals surface area contributed by atoms with Crippen molar-refractivity contribution in [3.05, 3.63) is 70.9 Å². The molecule has 4 nitrogen and oxygen atoms in total. The number of nitrogens with one attached hydrogen (secondary N) is 1. The SMILES string of the molecule is CC(c1ccc(C(=O)C2CCCN2C2CCNC2)cc1)n1ccc2cccc(Cl)c21. The van der Waals surface area contributed by atoms with Crippen LogP contribution in [0.5, 0.6) is 0 Å². The second kappa shape index (κ2) is 8.18. The van der Waals surface area contributed by atoms with Crippen molar-refractivity contribution in [1.82, 2.24) is 14.8 Å². The summed E-state index contributed by atoms with van der Waals surface area (Å²) >= 11 is 6.47. The molecule has 30 heavy (non-hydrogen) atoms. The number of hydrogen-bond acceptors (Lipinski definition) is 3. The molecule has 3 atom stereocenters. The lowest BCUT2D eigenvalue weighted by Gasteiger charge is -2.29. The predicted octanol–water partition coefficient (Wildman–Crippen LogP) is 4.91. The van der Waals surface area contributed by atoms with Gasteiger partial charge in [-0.15, -0.1) is 0 Å². The van der Waals surface area contributed by atoms with Gasteiger partial charge in [0.25, 0.3) is 0 Å². The highest BCUT2D eigenvalue weighted by molar-refractivity contribution is 6.35. The maximum atomic E-state index is 13.3. The van der Waals surface area contributed by atoms with E-state index in [1.807, 2.05) is 24.3 Å². The number of carbonyl (C=O) groups is 1. The third-order valence-corrected chi connectivity index (χ3v) is 7.19. The Labute approximate surface area is 182 Å². The molecule has 0 bridgehead atoms. The van der Waals surface area contributed by atoms with Gasteiger partial charge in [0.1, 0.15) is 0 Å². The van der Waals surface area contributed by atoms with E-state index in [1.165, 1.54) is 5.56 Å². The van der Waals surface area contributed by atoms with Crippen molar-refractivity contribution in [2.45, 2.75) is 44.3 Å². The molecule has 2 aromatic carbocycles. The van der Waals surface area contributed by atoms with Gasteiger partial charge >= 0.3 is 0 Å². The summed E-state index contributed by atoms with van der Waals surface area (Å²) in [5.74, 6) is 0.271.